The Hall–Kier alpha value is -2.55. The van der Waals surface area contributed by atoms with Gasteiger partial charge >= 0.3 is 6.09 Å². The third-order valence-corrected chi connectivity index (χ3v) is 5.83. The van der Waals surface area contributed by atoms with Gasteiger partial charge in [-0.1, -0.05) is 11.8 Å². The van der Waals surface area contributed by atoms with E-state index in [1.165, 1.54) is 11.8 Å². The number of thioether (sulfide) groups is 1. The lowest BCUT2D eigenvalue weighted by Crippen LogP contribution is -2.47. The summed E-state index contributed by atoms with van der Waals surface area (Å²) in [6.07, 6.45) is 4.53. The van der Waals surface area contributed by atoms with E-state index in [2.05, 4.69) is 9.97 Å². The van der Waals surface area contributed by atoms with Gasteiger partial charge in [0.15, 0.2) is 10.9 Å². The molecule has 2 saturated heterocycles. The Labute approximate surface area is 167 Å². The fourth-order valence-corrected chi connectivity index (χ4v) is 4.28. The summed E-state index contributed by atoms with van der Waals surface area (Å²) in [5, 5.41) is 0.547. The molecule has 2 aromatic rings. The van der Waals surface area contributed by atoms with Crippen LogP contribution in [0.2, 0.25) is 0 Å². The van der Waals surface area contributed by atoms with Gasteiger partial charge in [0, 0.05) is 25.3 Å². The molecule has 0 saturated carbocycles. The van der Waals surface area contributed by atoms with Crippen molar-refractivity contribution in [3.05, 3.63) is 30.7 Å². The summed E-state index contributed by atoms with van der Waals surface area (Å²) in [6, 6.07) is 5.57. The molecule has 2 aromatic heterocycles. The van der Waals surface area contributed by atoms with Crippen molar-refractivity contribution in [1.29, 1.82) is 0 Å². The molecule has 0 aliphatic carbocycles. The van der Waals surface area contributed by atoms with Crippen LogP contribution in [0, 0.1) is 0 Å². The number of furan rings is 1. The Bertz CT molecular complexity index is 836. The van der Waals surface area contributed by atoms with Crippen LogP contribution < -0.4 is 0 Å². The lowest BCUT2D eigenvalue weighted by Gasteiger charge is -2.35. The van der Waals surface area contributed by atoms with Crippen LogP contribution in [-0.2, 0) is 9.53 Å². The topological polar surface area (TPSA) is 88.8 Å². The highest BCUT2D eigenvalue weighted by atomic mass is 32.2. The van der Waals surface area contributed by atoms with Crippen molar-refractivity contribution in [3.63, 3.8) is 0 Å². The highest BCUT2D eigenvalue weighted by molar-refractivity contribution is 7.99. The maximum atomic E-state index is 12.6. The van der Waals surface area contributed by atoms with Gasteiger partial charge in [0.05, 0.1) is 18.6 Å². The normalized spacial score (nSPS) is 20.5. The Morgan fingerprint density at radius 3 is 2.82 bits per heavy atom. The number of likely N-dealkylation sites (tertiary alicyclic amines) is 1. The number of carbonyl (C=O) groups excluding carboxylic acids is 2. The Kier molecular flexibility index (Phi) is 5.52. The molecule has 4 heterocycles. The molecule has 0 spiro atoms. The first kappa shape index (κ1) is 18.8. The second-order valence-corrected chi connectivity index (χ2v) is 7.89. The van der Waals surface area contributed by atoms with Gasteiger partial charge in [0.25, 0.3) is 0 Å². The zero-order valence-corrected chi connectivity index (χ0v) is 16.4. The summed E-state index contributed by atoms with van der Waals surface area (Å²) in [7, 11) is 0. The van der Waals surface area contributed by atoms with Crippen LogP contribution in [0.25, 0.3) is 11.5 Å². The van der Waals surface area contributed by atoms with Crippen LogP contribution in [-0.4, -0.2) is 69.3 Å². The number of rotatable bonds is 5. The molecule has 2 aliphatic rings. The first-order chi connectivity index (χ1) is 13.6. The molecule has 1 atom stereocenters. The van der Waals surface area contributed by atoms with Gasteiger partial charge < -0.3 is 19.0 Å². The zero-order valence-electron chi connectivity index (χ0n) is 15.6. The predicted molar refractivity (Wildman–Crippen MR) is 103 cm³/mol. The molecular weight excluding hydrogens is 380 g/mol. The largest absolute Gasteiger partial charge is 0.463 e. The number of hydrogen-bond donors (Lipinski definition) is 0. The van der Waals surface area contributed by atoms with Crippen molar-refractivity contribution >= 4 is 23.8 Å². The third kappa shape index (κ3) is 4.14. The average Bonchev–Trinajstić information content (AvgIpc) is 3.36. The van der Waals surface area contributed by atoms with E-state index in [-0.39, 0.29) is 29.9 Å². The molecule has 28 heavy (non-hydrogen) atoms. The van der Waals surface area contributed by atoms with E-state index >= 15 is 0 Å². The number of ether oxygens (including phenoxy) is 1. The van der Waals surface area contributed by atoms with E-state index in [0.717, 1.165) is 12.8 Å². The van der Waals surface area contributed by atoms with Crippen LogP contribution in [0.1, 0.15) is 19.8 Å². The third-order valence-electron chi connectivity index (χ3n) is 4.98. The second-order valence-electron chi connectivity index (χ2n) is 6.95. The van der Waals surface area contributed by atoms with E-state index in [0.29, 0.717) is 36.2 Å². The van der Waals surface area contributed by atoms with Crippen molar-refractivity contribution in [1.82, 2.24) is 19.8 Å². The summed E-state index contributed by atoms with van der Waals surface area (Å²) >= 11 is 1.32. The van der Waals surface area contributed by atoms with Crippen LogP contribution >= 0.6 is 11.8 Å². The van der Waals surface area contributed by atoms with Crippen LogP contribution in [0.4, 0.5) is 4.79 Å². The predicted octanol–water partition coefficient (Wildman–Crippen LogP) is 2.66. The molecule has 1 unspecified atom stereocenters. The summed E-state index contributed by atoms with van der Waals surface area (Å²) in [6.45, 7) is 3.83. The number of piperidine rings is 1. The molecule has 0 bridgehead atoms. The van der Waals surface area contributed by atoms with Gasteiger partial charge in [-0.05, 0) is 38.0 Å². The monoisotopic (exact) mass is 402 g/mol. The van der Waals surface area contributed by atoms with E-state index < -0.39 is 0 Å². The number of carbonyl (C=O) groups is 2. The summed E-state index contributed by atoms with van der Waals surface area (Å²) in [5.74, 6) is 1.02. The van der Waals surface area contributed by atoms with E-state index in [1.807, 2.05) is 17.9 Å². The molecule has 148 valence electrons. The van der Waals surface area contributed by atoms with E-state index in [4.69, 9.17) is 9.15 Å². The van der Waals surface area contributed by atoms with Crippen LogP contribution in [0.3, 0.4) is 0 Å². The summed E-state index contributed by atoms with van der Waals surface area (Å²) in [4.78, 5) is 36.7. The van der Waals surface area contributed by atoms with Crippen molar-refractivity contribution in [2.75, 3.05) is 25.4 Å². The van der Waals surface area contributed by atoms with Gasteiger partial charge in [0.2, 0.25) is 5.91 Å². The fraction of sp³-hybridized carbons (Fsp3) is 0.474. The minimum atomic E-state index is -0.235. The minimum Gasteiger partial charge on any atom is -0.463 e. The molecule has 2 amide bonds. The molecule has 2 aliphatic heterocycles. The Balaban J connectivity index is 1.27. The molecule has 0 aromatic carbocycles. The molecule has 8 nitrogen and oxygen atoms in total. The highest BCUT2D eigenvalue weighted by Gasteiger charge is 2.36. The lowest BCUT2D eigenvalue weighted by molar-refractivity contribution is -0.129. The number of aromatic nitrogens is 2. The quantitative estimate of drug-likeness (QED) is 0.561. The van der Waals surface area contributed by atoms with E-state index in [1.54, 1.807) is 29.5 Å². The number of hydrogen-bond acceptors (Lipinski definition) is 7. The maximum Gasteiger partial charge on any atom is 0.410 e. The van der Waals surface area contributed by atoms with Crippen LogP contribution in [0.15, 0.2) is 40.2 Å². The molecule has 0 radical (unpaired) electrons. The zero-order chi connectivity index (χ0) is 19.5. The summed E-state index contributed by atoms with van der Waals surface area (Å²) < 4.78 is 10.6. The smallest absolute Gasteiger partial charge is 0.410 e. The molecular formula is C19H22N4O4S. The maximum absolute atomic E-state index is 12.6. The van der Waals surface area contributed by atoms with Gasteiger partial charge in [-0.2, -0.15) is 0 Å². The highest BCUT2D eigenvalue weighted by Crippen LogP contribution is 2.24. The van der Waals surface area contributed by atoms with Gasteiger partial charge in [-0.3, -0.25) is 4.79 Å². The van der Waals surface area contributed by atoms with Gasteiger partial charge in [-0.15, -0.1) is 0 Å². The fourth-order valence-electron chi connectivity index (χ4n) is 3.54. The Morgan fingerprint density at radius 2 is 2.14 bits per heavy atom. The summed E-state index contributed by atoms with van der Waals surface area (Å²) in [5.41, 5.74) is 0.697. The second kappa shape index (κ2) is 8.22. The SMILES string of the molecule is CC1CN(C2CCN(C(=O)CSc3nccc(-c4ccco4)n3)CC2)C(=O)O1. The van der Waals surface area contributed by atoms with Gasteiger partial charge in [0.1, 0.15) is 11.8 Å². The standard InChI is InChI=1S/C19H22N4O4S/c1-13-11-23(19(25)27-13)14-5-8-22(9-6-14)17(24)12-28-18-20-7-4-15(21-18)16-3-2-10-26-16/h2-4,7,10,13-14H,5-6,8-9,11-12H2,1H3. The molecule has 2 fully saturated rings. The van der Waals surface area contributed by atoms with Crippen molar-refractivity contribution in [3.8, 4) is 11.5 Å². The number of amides is 2. The van der Waals surface area contributed by atoms with Gasteiger partial charge in [-0.25, -0.2) is 14.8 Å². The first-order valence-electron chi connectivity index (χ1n) is 9.35. The Morgan fingerprint density at radius 1 is 1.32 bits per heavy atom. The van der Waals surface area contributed by atoms with E-state index in [9.17, 15) is 9.59 Å². The van der Waals surface area contributed by atoms with Crippen LogP contribution in [0.5, 0.6) is 0 Å². The number of cyclic esters (lactones) is 1. The molecule has 9 heteroatoms. The minimum absolute atomic E-state index is 0.0551. The molecule has 0 N–H and O–H groups in total. The lowest BCUT2D eigenvalue weighted by atomic mass is 10.0. The first-order valence-corrected chi connectivity index (χ1v) is 10.3. The average molecular weight is 402 g/mol. The number of nitrogens with zero attached hydrogens (tertiary/aromatic N) is 4. The van der Waals surface area contributed by atoms with Crippen molar-refractivity contribution in [2.45, 2.75) is 37.1 Å². The van der Waals surface area contributed by atoms with Crippen molar-refractivity contribution in [2.24, 2.45) is 0 Å². The van der Waals surface area contributed by atoms with Crippen molar-refractivity contribution < 1.29 is 18.7 Å². The molecule has 4 rings (SSSR count).